The number of anilines is 1. The summed E-state index contributed by atoms with van der Waals surface area (Å²) >= 11 is 1.46. The van der Waals surface area contributed by atoms with E-state index in [2.05, 4.69) is 6.92 Å². The maximum absolute atomic E-state index is 13.2. The molecule has 3 aliphatic carbocycles. The maximum atomic E-state index is 13.2. The number of fused-ring (bicyclic) bond motifs is 6. The van der Waals surface area contributed by atoms with Crippen molar-refractivity contribution >= 4 is 34.1 Å². The summed E-state index contributed by atoms with van der Waals surface area (Å²) < 4.78 is 0. The van der Waals surface area contributed by atoms with Crippen LogP contribution in [0.15, 0.2) is 0 Å². The molecule has 1 aliphatic heterocycles. The fourth-order valence-corrected chi connectivity index (χ4v) is 7.49. The predicted octanol–water partition coefficient (Wildman–Crippen LogP) is 2.90. The van der Waals surface area contributed by atoms with E-state index in [1.807, 2.05) is 0 Å². The zero-order valence-corrected chi connectivity index (χ0v) is 15.8. The first-order chi connectivity index (χ1) is 12.5. The van der Waals surface area contributed by atoms with E-state index in [4.69, 9.17) is 5.73 Å². The van der Waals surface area contributed by atoms with Gasteiger partial charge < -0.3 is 5.73 Å². The molecule has 4 aliphatic rings. The summed E-state index contributed by atoms with van der Waals surface area (Å²) in [5, 5.41) is 0.517. The van der Waals surface area contributed by atoms with E-state index in [1.54, 1.807) is 0 Å². The molecule has 3 amide bonds. The maximum Gasteiger partial charge on any atom is 0.252 e. The van der Waals surface area contributed by atoms with Crippen LogP contribution in [0.25, 0.3) is 0 Å². The van der Waals surface area contributed by atoms with Gasteiger partial charge in [-0.05, 0) is 61.8 Å². The van der Waals surface area contributed by atoms with Crippen LogP contribution in [0, 0.1) is 29.6 Å². The van der Waals surface area contributed by atoms with Crippen molar-refractivity contribution in [3.05, 3.63) is 16.0 Å². The molecule has 0 unspecified atom stereocenters. The summed E-state index contributed by atoms with van der Waals surface area (Å²) in [7, 11) is 0. The molecular weight excluding hydrogens is 348 g/mol. The van der Waals surface area contributed by atoms with Crippen molar-refractivity contribution in [2.24, 2.45) is 35.3 Å². The zero-order valence-electron chi connectivity index (χ0n) is 15.0. The minimum Gasteiger partial charge on any atom is -0.365 e. The summed E-state index contributed by atoms with van der Waals surface area (Å²) in [5.41, 5.74) is 7.14. The Labute approximate surface area is 156 Å². The number of carbonyl (C=O) groups excluding carboxylic acids is 3. The Bertz CT molecular complexity index is 801. The van der Waals surface area contributed by atoms with Gasteiger partial charge in [-0.2, -0.15) is 0 Å². The van der Waals surface area contributed by atoms with Crippen LogP contribution in [0.3, 0.4) is 0 Å². The highest BCUT2D eigenvalue weighted by atomic mass is 32.1. The monoisotopic (exact) mass is 372 g/mol. The van der Waals surface area contributed by atoms with E-state index >= 15 is 0 Å². The Hall–Kier alpha value is -1.69. The third-order valence-corrected chi connectivity index (χ3v) is 8.54. The van der Waals surface area contributed by atoms with Gasteiger partial charge in [-0.3, -0.25) is 14.4 Å². The van der Waals surface area contributed by atoms with Crippen LogP contribution in [-0.2, 0) is 22.4 Å². The van der Waals surface area contributed by atoms with Crippen molar-refractivity contribution in [1.29, 1.82) is 0 Å². The number of carbonyl (C=O) groups is 3. The molecule has 26 heavy (non-hydrogen) atoms. The van der Waals surface area contributed by atoms with Crippen LogP contribution < -0.4 is 10.6 Å². The lowest BCUT2D eigenvalue weighted by Gasteiger charge is -2.20. The lowest BCUT2D eigenvalue weighted by Crippen LogP contribution is -2.33. The van der Waals surface area contributed by atoms with E-state index in [-0.39, 0.29) is 23.7 Å². The van der Waals surface area contributed by atoms with Gasteiger partial charge >= 0.3 is 0 Å². The highest BCUT2D eigenvalue weighted by Crippen LogP contribution is 2.57. The van der Waals surface area contributed by atoms with Crippen molar-refractivity contribution in [3.63, 3.8) is 0 Å². The molecule has 6 heteroatoms. The second kappa shape index (κ2) is 5.65. The van der Waals surface area contributed by atoms with Gasteiger partial charge in [-0.1, -0.05) is 13.3 Å². The van der Waals surface area contributed by atoms with Gasteiger partial charge in [-0.15, -0.1) is 11.3 Å². The van der Waals surface area contributed by atoms with Crippen LogP contribution >= 0.6 is 11.3 Å². The number of primary amides is 1. The third-order valence-electron chi connectivity index (χ3n) is 7.30. The van der Waals surface area contributed by atoms with Gasteiger partial charge in [0.1, 0.15) is 5.00 Å². The first kappa shape index (κ1) is 16.5. The number of nitrogens with zero attached hydrogens (tertiary/aromatic N) is 1. The highest BCUT2D eigenvalue weighted by molar-refractivity contribution is 7.17. The number of hydrogen-bond donors (Lipinski definition) is 1. The van der Waals surface area contributed by atoms with Gasteiger partial charge in [0.25, 0.3) is 5.91 Å². The normalized spacial score (nSPS) is 35.1. The van der Waals surface area contributed by atoms with Crippen LogP contribution in [0.2, 0.25) is 0 Å². The van der Waals surface area contributed by atoms with Gasteiger partial charge in [-0.25, -0.2) is 4.90 Å². The van der Waals surface area contributed by atoms with Crippen molar-refractivity contribution in [3.8, 4) is 0 Å². The summed E-state index contributed by atoms with van der Waals surface area (Å²) in [6.07, 6.45) is 7.01. The van der Waals surface area contributed by atoms with Crippen molar-refractivity contribution in [2.45, 2.75) is 51.9 Å². The second-order valence-corrected chi connectivity index (χ2v) is 9.55. The Kier molecular flexibility index (Phi) is 3.58. The molecule has 5 rings (SSSR count). The molecule has 0 spiro atoms. The molecule has 2 heterocycles. The molecule has 1 saturated heterocycles. The summed E-state index contributed by atoms with van der Waals surface area (Å²) in [6.45, 7) is 2.18. The van der Waals surface area contributed by atoms with Crippen molar-refractivity contribution < 1.29 is 14.4 Å². The number of rotatable bonds is 3. The molecule has 2 N–H and O–H groups in total. The average Bonchev–Trinajstić information content (AvgIpc) is 3.35. The SMILES string of the molecule is CC[C@H]1CCc2c(sc(N3C(=O)[C@@H]4[C@@H]5CC[C@H](C5)[C@@H]4C3=O)c2C(N)=O)C1. The van der Waals surface area contributed by atoms with Crippen LogP contribution in [0.1, 0.15) is 59.8 Å². The Morgan fingerprint density at radius 2 is 1.81 bits per heavy atom. The molecule has 0 radical (unpaired) electrons. The number of thiophene rings is 1. The molecule has 3 fully saturated rings. The fourth-order valence-electron chi connectivity index (χ4n) is 6.01. The topological polar surface area (TPSA) is 80.5 Å². The van der Waals surface area contributed by atoms with E-state index in [9.17, 15) is 14.4 Å². The standard InChI is InChI=1S/C20H24N2O3S/c1-2-9-3-6-12-13(7-9)26-20(16(12)17(21)23)22-18(24)14-10-4-5-11(8-10)15(14)19(22)25/h9-11,14-15H,2-8H2,1H3,(H2,21,23)/t9-,10+,11+,14-,15+/m0/s1. The first-order valence-corrected chi connectivity index (χ1v) is 10.6. The fraction of sp³-hybridized carbons (Fsp3) is 0.650. The smallest absolute Gasteiger partial charge is 0.252 e. The van der Waals surface area contributed by atoms with Crippen LogP contribution in [0.5, 0.6) is 0 Å². The van der Waals surface area contributed by atoms with Crippen molar-refractivity contribution in [2.75, 3.05) is 4.90 Å². The van der Waals surface area contributed by atoms with Crippen molar-refractivity contribution in [1.82, 2.24) is 0 Å². The van der Waals surface area contributed by atoms with Gasteiger partial charge in [0.2, 0.25) is 11.8 Å². The molecule has 1 aromatic rings. The third kappa shape index (κ3) is 2.05. The quantitative estimate of drug-likeness (QED) is 0.829. The van der Waals surface area contributed by atoms with Gasteiger partial charge in [0, 0.05) is 4.88 Å². The van der Waals surface area contributed by atoms with E-state index in [0.29, 0.717) is 28.3 Å². The molecule has 5 nitrogen and oxygen atoms in total. The Morgan fingerprint density at radius 3 is 2.38 bits per heavy atom. The summed E-state index contributed by atoms with van der Waals surface area (Å²) in [6, 6.07) is 0. The number of imide groups is 1. The van der Waals surface area contributed by atoms with Gasteiger partial charge in [0.05, 0.1) is 17.4 Å². The predicted molar refractivity (Wildman–Crippen MR) is 98.9 cm³/mol. The minimum atomic E-state index is -0.506. The molecule has 2 bridgehead atoms. The van der Waals surface area contributed by atoms with E-state index in [1.165, 1.54) is 16.2 Å². The molecule has 5 atom stereocenters. The number of hydrogen-bond acceptors (Lipinski definition) is 4. The first-order valence-electron chi connectivity index (χ1n) is 9.83. The molecular formula is C20H24N2O3S. The molecule has 2 saturated carbocycles. The second-order valence-electron chi connectivity index (χ2n) is 8.46. The van der Waals surface area contributed by atoms with Crippen LogP contribution in [0.4, 0.5) is 5.00 Å². The number of nitrogens with two attached hydrogens (primary N) is 1. The summed E-state index contributed by atoms with van der Waals surface area (Å²) in [4.78, 5) is 41.1. The number of amides is 3. The lowest BCUT2D eigenvalue weighted by atomic mass is 9.81. The Morgan fingerprint density at radius 1 is 1.15 bits per heavy atom. The lowest BCUT2D eigenvalue weighted by molar-refractivity contribution is -0.123. The zero-order chi connectivity index (χ0) is 18.2. The van der Waals surface area contributed by atoms with E-state index in [0.717, 1.165) is 55.4 Å². The summed E-state index contributed by atoms with van der Waals surface area (Å²) in [5.74, 6) is 0.308. The van der Waals surface area contributed by atoms with Crippen LogP contribution in [-0.4, -0.2) is 17.7 Å². The molecule has 1 aromatic heterocycles. The van der Waals surface area contributed by atoms with Gasteiger partial charge in [0.15, 0.2) is 0 Å². The largest absolute Gasteiger partial charge is 0.365 e. The molecule has 138 valence electrons. The molecule has 0 aromatic carbocycles. The Balaban J connectivity index is 1.58. The average molecular weight is 372 g/mol. The minimum absolute atomic E-state index is 0.0830. The highest BCUT2D eigenvalue weighted by Gasteiger charge is 2.61. The van der Waals surface area contributed by atoms with E-state index < -0.39 is 5.91 Å².